The average molecular weight is 421 g/mol. The van der Waals surface area contributed by atoms with Crippen LogP contribution < -0.4 is 15.6 Å². The molecular weight excluding hydrogens is 401 g/mol. The van der Waals surface area contributed by atoms with Crippen LogP contribution in [0.2, 0.25) is 0 Å². The number of hydrogen-bond acceptors (Lipinski definition) is 5. The first-order valence-electron chi connectivity index (χ1n) is 9.63. The molecule has 0 aliphatic carbocycles. The van der Waals surface area contributed by atoms with Crippen LogP contribution in [0.25, 0.3) is 11.0 Å². The van der Waals surface area contributed by atoms with Gasteiger partial charge in [-0.15, -0.1) is 0 Å². The van der Waals surface area contributed by atoms with Crippen molar-refractivity contribution in [3.63, 3.8) is 0 Å². The molecule has 1 amide bonds. The lowest BCUT2D eigenvalue weighted by molar-refractivity contribution is 0.0952. The van der Waals surface area contributed by atoms with Gasteiger partial charge in [0.2, 0.25) is 0 Å². The first-order valence-corrected chi connectivity index (χ1v) is 9.63. The molecule has 0 bridgehead atoms. The third-order valence-corrected chi connectivity index (χ3v) is 4.85. The molecule has 2 aromatic heterocycles. The highest BCUT2D eigenvalue weighted by molar-refractivity contribution is 5.94. The van der Waals surface area contributed by atoms with Gasteiger partial charge in [0.15, 0.2) is 5.65 Å². The molecule has 0 spiro atoms. The summed E-state index contributed by atoms with van der Waals surface area (Å²) in [5.41, 5.74) is 1.52. The second-order valence-electron chi connectivity index (χ2n) is 6.89. The van der Waals surface area contributed by atoms with Gasteiger partial charge in [0, 0.05) is 12.1 Å². The largest absolute Gasteiger partial charge is 0.497 e. The van der Waals surface area contributed by atoms with Crippen LogP contribution in [-0.2, 0) is 13.1 Å². The third-order valence-electron chi connectivity index (χ3n) is 4.85. The normalized spacial score (nSPS) is 10.9. The van der Waals surface area contributed by atoms with Crippen molar-refractivity contribution >= 4 is 16.9 Å². The SMILES string of the molecule is COc1ccc(C(=O)NCCn2ncc3c(=O)n(Cc4ccc(F)cc4)cnc32)cc1. The summed E-state index contributed by atoms with van der Waals surface area (Å²) in [7, 11) is 1.56. The van der Waals surface area contributed by atoms with Gasteiger partial charge in [-0.3, -0.25) is 14.2 Å². The van der Waals surface area contributed by atoms with E-state index < -0.39 is 0 Å². The molecule has 4 aromatic rings. The summed E-state index contributed by atoms with van der Waals surface area (Å²) in [5.74, 6) is 0.134. The number of fused-ring (bicyclic) bond motifs is 1. The molecule has 0 saturated carbocycles. The Bertz CT molecular complexity index is 1260. The molecule has 31 heavy (non-hydrogen) atoms. The minimum absolute atomic E-state index is 0.214. The van der Waals surface area contributed by atoms with Crippen LogP contribution in [0.1, 0.15) is 15.9 Å². The van der Waals surface area contributed by atoms with Crippen molar-refractivity contribution in [2.75, 3.05) is 13.7 Å². The van der Waals surface area contributed by atoms with Crippen LogP contribution in [0.15, 0.2) is 65.8 Å². The summed E-state index contributed by atoms with van der Waals surface area (Å²) >= 11 is 0. The summed E-state index contributed by atoms with van der Waals surface area (Å²) in [5, 5.41) is 7.43. The maximum absolute atomic E-state index is 13.1. The van der Waals surface area contributed by atoms with Gasteiger partial charge in [-0.25, -0.2) is 14.1 Å². The Labute approximate surface area is 176 Å². The smallest absolute Gasteiger partial charge is 0.264 e. The number of carbonyl (C=O) groups is 1. The summed E-state index contributed by atoms with van der Waals surface area (Å²) in [6.45, 7) is 0.965. The van der Waals surface area contributed by atoms with E-state index in [1.165, 1.54) is 29.2 Å². The van der Waals surface area contributed by atoms with Crippen LogP contribution in [0.4, 0.5) is 4.39 Å². The van der Waals surface area contributed by atoms with E-state index in [-0.39, 0.29) is 23.8 Å². The Morgan fingerprint density at radius 2 is 1.87 bits per heavy atom. The molecule has 0 saturated heterocycles. The summed E-state index contributed by atoms with van der Waals surface area (Å²) in [6, 6.07) is 12.8. The van der Waals surface area contributed by atoms with Crippen molar-refractivity contribution in [3.8, 4) is 5.75 Å². The lowest BCUT2D eigenvalue weighted by atomic mass is 10.2. The number of amides is 1. The number of nitrogens with zero attached hydrogens (tertiary/aromatic N) is 4. The quantitative estimate of drug-likeness (QED) is 0.494. The molecule has 2 heterocycles. The van der Waals surface area contributed by atoms with Gasteiger partial charge in [0.1, 0.15) is 23.3 Å². The molecule has 158 valence electrons. The minimum Gasteiger partial charge on any atom is -0.497 e. The summed E-state index contributed by atoms with van der Waals surface area (Å²) < 4.78 is 21.2. The first-order chi connectivity index (χ1) is 15.0. The van der Waals surface area contributed by atoms with Crippen molar-refractivity contribution in [2.45, 2.75) is 13.1 Å². The molecule has 0 aliphatic heterocycles. The van der Waals surface area contributed by atoms with Gasteiger partial charge in [0.05, 0.1) is 26.4 Å². The molecular formula is C22H20FN5O3. The average Bonchev–Trinajstić information content (AvgIpc) is 3.21. The summed E-state index contributed by atoms with van der Waals surface area (Å²) in [6.07, 6.45) is 2.92. The third kappa shape index (κ3) is 4.45. The fraction of sp³-hybridized carbons (Fsp3) is 0.182. The monoisotopic (exact) mass is 421 g/mol. The molecule has 4 rings (SSSR count). The zero-order valence-corrected chi connectivity index (χ0v) is 16.8. The van der Waals surface area contributed by atoms with E-state index >= 15 is 0 Å². The van der Waals surface area contributed by atoms with Gasteiger partial charge >= 0.3 is 0 Å². The van der Waals surface area contributed by atoms with E-state index in [0.717, 1.165) is 5.56 Å². The van der Waals surface area contributed by atoms with Gasteiger partial charge in [-0.05, 0) is 42.0 Å². The number of nitrogens with one attached hydrogen (secondary N) is 1. The number of halogens is 1. The van der Waals surface area contributed by atoms with E-state index in [4.69, 9.17) is 4.74 Å². The van der Waals surface area contributed by atoms with Gasteiger partial charge < -0.3 is 10.1 Å². The maximum Gasteiger partial charge on any atom is 0.264 e. The van der Waals surface area contributed by atoms with Crippen LogP contribution in [0.5, 0.6) is 5.75 Å². The standard InChI is InChI=1S/C22H20FN5O3/c1-31-18-8-4-16(5-9-18)21(29)24-10-11-28-20-19(12-26-28)22(30)27(14-25-20)13-15-2-6-17(23)7-3-15/h2-9,12,14H,10-11,13H2,1H3,(H,24,29). The number of methoxy groups -OCH3 is 1. The van der Waals surface area contributed by atoms with Crippen LogP contribution in [0, 0.1) is 5.82 Å². The van der Waals surface area contributed by atoms with Crippen molar-refractivity contribution in [1.82, 2.24) is 24.6 Å². The van der Waals surface area contributed by atoms with Crippen LogP contribution >= 0.6 is 0 Å². The predicted octanol–water partition coefficient (Wildman–Crippen LogP) is 2.22. The highest BCUT2D eigenvalue weighted by Gasteiger charge is 2.11. The van der Waals surface area contributed by atoms with E-state index in [0.29, 0.717) is 35.4 Å². The Kier molecular flexibility index (Phi) is 5.74. The topological polar surface area (TPSA) is 91.0 Å². The van der Waals surface area contributed by atoms with E-state index in [1.54, 1.807) is 48.2 Å². The van der Waals surface area contributed by atoms with Crippen molar-refractivity contribution in [2.24, 2.45) is 0 Å². The Morgan fingerprint density at radius 3 is 2.58 bits per heavy atom. The van der Waals surface area contributed by atoms with Crippen molar-refractivity contribution < 1.29 is 13.9 Å². The first kappa shape index (κ1) is 20.3. The second-order valence-corrected chi connectivity index (χ2v) is 6.89. The molecule has 9 heteroatoms. The van der Waals surface area contributed by atoms with Gasteiger partial charge in [-0.2, -0.15) is 5.10 Å². The molecule has 0 aliphatic rings. The number of rotatable bonds is 7. The zero-order valence-electron chi connectivity index (χ0n) is 16.8. The van der Waals surface area contributed by atoms with E-state index in [2.05, 4.69) is 15.4 Å². The molecule has 0 radical (unpaired) electrons. The lowest BCUT2D eigenvalue weighted by Crippen LogP contribution is -2.27. The van der Waals surface area contributed by atoms with Crippen LogP contribution in [-0.4, -0.2) is 38.9 Å². The number of ether oxygens (including phenoxy) is 1. The van der Waals surface area contributed by atoms with E-state index in [9.17, 15) is 14.0 Å². The predicted molar refractivity (Wildman–Crippen MR) is 113 cm³/mol. The fourth-order valence-electron chi connectivity index (χ4n) is 3.18. The molecule has 8 nitrogen and oxygen atoms in total. The molecule has 0 unspecified atom stereocenters. The Hall–Kier alpha value is -4.01. The van der Waals surface area contributed by atoms with Gasteiger partial charge in [-0.1, -0.05) is 12.1 Å². The number of benzene rings is 2. The number of hydrogen-bond donors (Lipinski definition) is 1. The van der Waals surface area contributed by atoms with Crippen molar-refractivity contribution in [1.29, 1.82) is 0 Å². The maximum atomic E-state index is 13.1. The lowest BCUT2D eigenvalue weighted by Gasteiger charge is -2.08. The molecule has 0 fully saturated rings. The minimum atomic E-state index is -0.329. The highest BCUT2D eigenvalue weighted by atomic mass is 19.1. The molecule has 0 atom stereocenters. The Balaban J connectivity index is 1.43. The zero-order chi connectivity index (χ0) is 21.8. The van der Waals surface area contributed by atoms with E-state index in [1.807, 2.05) is 0 Å². The molecule has 2 aromatic carbocycles. The van der Waals surface area contributed by atoms with Gasteiger partial charge in [0.25, 0.3) is 11.5 Å². The van der Waals surface area contributed by atoms with Crippen LogP contribution in [0.3, 0.4) is 0 Å². The molecule has 1 N–H and O–H groups in total. The number of aromatic nitrogens is 4. The van der Waals surface area contributed by atoms with Crippen molar-refractivity contribution in [3.05, 3.63) is 88.4 Å². The summed E-state index contributed by atoms with van der Waals surface area (Å²) in [4.78, 5) is 29.4. The second kappa shape index (κ2) is 8.78. The number of carbonyl (C=O) groups excluding carboxylic acids is 1. The Morgan fingerprint density at radius 1 is 1.13 bits per heavy atom. The fourth-order valence-corrected chi connectivity index (χ4v) is 3.18. The highest BCUT2D eigenvalue weighted by Crippen LogP contribution is 2.11.